The third-order valence-corrected chi connectivity index (χ3v) is 14.0. The lowest BCUT2D eigenvalue weighted by Crippen LogP contribution is -2.30. The molecule has 0 aliphatic carbocycles. The molecule has 0 fully saturated rings. The van der Waals surface area contributed by atoms with Crippen LogP contribution in [0.1, 0.15) is 329 Å². The van der Waals surface area contributed by atoms with E-state index in [1.54, 1.807) is 0 Å². The van der Waals surface area contributed by atoms with Gasteiger partial charge in [-0.15, -0.1) is 0 Å². The number of unbranched alkanes of at least 4 members (excludes halogenated alkanes) is 37. The summed E-state index contributed by atoms with van der Waals surface area (Å²) in [6, 6.07) is 0. The zero-order valence-corrected chi connectivity index (χ0v) is 48.7. The van der Waals surface area contributed by atoms with Crippen LogP contribution in [0.2, 0.25) is 0 Å². The molecule has 0 rings (SSSR count). The summed E-state index contributed by atoms with van der Waals surface area (Å²) in [5.41, 5.74) is 0. The van der Waals surface area contributed by atoms with E-state index >= 15 is 0 Å². The second-order valence-corrected chi connectivity index (χ2v) is 21.3. The second-order valence-electron chi connectivity index (χ2n) is 21.3. The van der Waals surface area contributed by atoms with Crippen LogP contribution >= 0.6 is 0 Å². The maximum atomic E-state index is 12.8. The Kier molecular flexibility index (Phi) is 59.2. The van der Waals surface area contributed by atoms with Crippen LogP contribution in [0.3, 0.4) is 0 Å². The van der Waals surface area contributed by atoms with Crippen LogP contribution in [0.4, 0.5) is 0 Å². The highest BCUT2D eigenvalue weighted by Gasteiger charge is 2.19. The topological polar surface area (TPSA) is 78.9 Å². The van der Waals surface area contributed by atoms with Crippen LogP contribution < -0.4 is 0 Å². The van der Waals surface area contributed by atoms with E-state index in [1.165, 1.54) is 199 Å². The summed E-state index contributed by atoms with van der Waals surface area (Å²) in [5, 5.41) is 0. The Morgan fingerprint density at radius 3 is 0.836 bits per heavy atom. The highest BCUT2D eigenvalue weighted by molar-refractivity contribution is 5.71. The first-order valence-corrected chi connectivity index (χ1v) is 31.8. The van der Waals surface area contributed by atoms with Crippen molar-refractivity contribution in [3.8, 4) is 0 Å². The summed E-state index contributed by atoms with van der Waals surface area (Å²) < 4.78 is 16.8. The summed E-state index contributed by atoms with van der Waals surface area (Å²) in [5.74, 6) is -0.866. The van der Waals surface area contributed by atoms with Crippen LogP contribution in [0.25, 0.3) is 0 Å². The Hall–Kier alpha value is -2.89. The first kappa shape index (κ1) is 70.1. The fourth-order valence-electron chi connectivity index (χ4n) is 9.30. The molecule has 424 valence electrons. The number of esters is 3. The highest BCUT2D eigenvalue weighted by atomic mass is 16.6. The zero-order chi connectivity index (χ0) is 52.9. The second kappa shape index (κ2) is 61.7. The third-order valence-electron chi connectivity index (χ3n) is 14.0. The molecule has 0 aromatic carbocycles. The van der Waals surface area contributed by atoms with Crippen LogP contribution in [0.5, 0.6) is 0 Å². The molecule has 0 saturated heterocycles. The van der Waals surface area contributed by atoms with Gasteiger partial charge in [0.25, 0.3) is 0 Å². The van der Waals surface area contributed by atoms with Crippen molar-refractivity contribution < 1.29 is 28.6 Å². The van der Waals surface area contributed by atoms with E-state index in [4.69, 9.17) is 14.2 Å². The Labute approximate surface area is 453 Å². The number of carbonyl (C=O) groups excluding carboxylic acids is 3. The lowest BCUT2D eigenvalue weighted by molar-refractivity contribution is -0.167. The van der Waals surface area contributed by atoms with Gasteiger partial charge in [0.2, 0.25) is 0 Å². The average molecular weight is 1020 g/mol. The number of allylic oxidation sites excluding steroid dienone is 10. The molecule has 0 N–H and O–H groups in total. The molecular formula is C67H120O6. The smallest absolute Gasteiger partial charge is 0.306 e. The van der Waals surface area contributed by atoms with E-state index in [9.17, 15) is 14.4 Å². The number of hydrogen-bond acceptors (Lipinski definition) is 6. The van der Waals surface area contributed by atoms with Gasteiger partial charge in [-0.1, -0.05) is 306 Å². The van der Waals surface area contributed by atoms with Gasteiger partial charge in [0.05, 0.1) is 0 Å². The predicted octanol–water partition coefficient (Wildman–Crippen LogP) is 21.6. The van der Waals surface area contributed by atoms with Crippen molar-refractivity contribution >= 4 is 17.9 Å². The lowest BCUT2D eigenvalue weighted by Gasteiger charge is -2.18. The third kappa shape index (κ3) is 59.9. The minimum absolute atomic E-state index is 0.0713. The molecule has 6 nitrogen and oxygen atoms in total. The summed E-state index contributed by atoms with van der Waals surface area (Å²) in [4.78, 5) is 38.0. The normalized spacial score (nSPS) is 12.4. The molecule has 0 heterocycles. The van der Waals surface area contributed by atoms with Crippen LogP contribution in [0.15, 0.2) is 60.8 Å². The van der Waals surface area contributed by atoms with Crippen molar-refractivity contribution in [2.24, 2.45) is 0 Å². The molecule has 1 unspecified atom stereocenters. The van der Waals surface area contributed by atoms with E-state index < -0.39 is 6.10 Å². The van der Waals surface area contributed by atoms with Crippen LogP contribution in [-0.4, -0.2) is 37.2 Å². The minimum Gasteiger partial charge on any atom is -0.462 e. The van der Waals surface area contributed by atoms with Crippen molar-refractivity contribution in [3.63, 3.8) is 0 Å². The van der Waals surface area contributed by atoms with E-state index in [0.29, 0.717) is 19.3 Å². The zero-order valence-electron chi connectivity index (χ0n) is 48.7. The molecule has 6 heteroatoms. The largest absolute Gasteiger partial charge is 0.462 e. The van der Waals surface area contributed by atoms with Gasteiger partial charge in [0.1, 0.15) is 13.2 Å². The maximum Gasteiger partial charge on any atom is 0.306 e. The number of rotatable bonds is 58. The van der Waals surface area contributed by atoms with Gasteiger partial charge >= 0.3 is 17.9 Å². The van der Waals surface area contributed by atoms with E-state index in [2.05, 4.69) is 81.5 Å². The Morgan fingerprint density at radius 2 is 0.534 bits per heavy atom. The summed E-state index contributed by atoms with van der Waals surface area (Å²) in [7, 11) is 0. The summed E-state index contributed by atoms with van der Waals surface area (Å²) in [6.07, 6.45) is 78.4. The standard InChI is InChI=1S/C67H120O6/c1-4-7-10-13-16-18-20-22-24-26-28-30-32-33-34-35-36-38-39-41-43-45-47-49-51-54-57-60-66(69)72-63-64(62-71-65(68)59-56-53-15-12-9-6-3)73-67(70)61-58-55-52-50-48-46-44-42-40-37-31-29-27-25-23-21-19-17-14-11-8-5-2/h7,10,16,18,22,24,28,30,33-34,64H,4-6,8-9,11-15,17,19-21,23,25-27,29,31-32,35-63H2,1-3H3/b10-7-,18-16-,24-22-,30-28-,34-33-. The quantitative estimate of drug-likeness (QED) is 0.0261. The minimum atomic E-state index is -0.770. The van der Waals surface area contributed by atoms with Crippen LogP contribution in [0, 0.1) is 0 Å². The maximum absolute atomic E-state index is 12.8. The fraction of sp³-hybridized carbons (Fsp3) is 0.806. The predicted molar refractivity (Wildman–Crippen MR) is 316 cm³/mol. The molecule has 0 radical (unpaired) electrons. The monoisotopic (exact) mass is 1020 g/mol. The molecule has 0 saturated carbocycles. The van der Waals surface area contributed by atoms with Gasteiger partial charge in [0, 0.05) is 19.3 Å². The van der Waals surface area contributed by atoms with Crippen molar-refractivity contribution in [2.75, 3.05) is 13.2 Å². The van der Waals surface area contributed by atoms with Crippen molar-refractivity contribution in [1.82, 2.24) is 0 Å². The molecule has 0 bridgehead atoms. The lowest BCUT2D eigenvalue weighted by atomic mass is 10.0. The van der Waals surface area contributed by atoms with E-state index in [-0.39, 0.29) is 31.1 Å². The molecule has 73 heavy (non-hydrogen) atoms. The van der Waals surface area contributed by atoms with Gasteiger partial charge in [-0.25, -0.2) is 0 Å². The molecular weight excluding hydrogens is 901 g/mol. The summed E-state index contributed by atoms with van der Waals surface area (Å²) in [6.45, 7) is 6.51. The average Bonchev–Trinajstić information content (AvgIpc) is 3.39. The van der Waals surface area contributed by atoms with Gasteiger partial charge in [-0.3, -0.25) is 14.4 Å². The van der Waals surface area contributed by atoms with E-state index in [0.717, 1.165) is 89.9 Å². The van der Waals surface area contributed by atoms with Crippen molar-refractivity contribution in [1.29, 1.82) is 0 Å². The van der Waals surface area contributed by atoms with Crippen LogP contribution in [-0.2, 0) is 28.6 Å². The summed E-state index contributed by atoms with van der Waals surface area (Å²) >= 11 is 0. The van der Waals surface area contributed by atoms with E-state index in [1.807, 2.05) is 0 Å². The molecule has 0 aromatic rings. The van der Waals surface area contributed by atoms with Gasteiger partial charge in [-0.05, 0) is 64.2 Å². The molecule has 0 aromatic heterocycles. The number of hydrogen-bond donors (Lipinski definition) is 0. The molecule has 1 atom stereocenters. The molecule has 0 amide bonds. The number of ether oxygens (including phenoxy) is 3. The number of carbonyl (C=O) groups is 3. The molecule has 0 aliphatic heterocycles. The van der Waals surface area contributed by atoms with Crippen molar-refractivity contribution in [2.45, 2.75) is 335 Å². The fourth-order valence-corrected chi connectivity index (χ4v) is 9.30. The Bertz CT molecular complexity index is 1310. The van der Waals surface area contributed by atoms with Gasteiger partial charge in [0.15, 0.2) is 6.10 Å². The van der Waals surface area contributed by atoms with Gasteiger partial charge < -0.3 is 14.2 Å². The van der Waals surface area contributed by atoms with Crippen molar-refractivity contribution in [3.05, 3.63) is 60.8 Å². The first-order chi connectivity index (χ1) is 36.0. The molecule has 0 spiro atoms. The highest BCUT2D eigenvalue weighted by Crippen LogP contribution is 2.17. The Morgan fingerprint density at radius 1 is 0.288 bits per heavy atom. The Balaban J connectivity index is 4.06. The SMILES string of the molecule is CC/C=C\C/C=C\C/C=C\C/C=C\C/C=C\CCCCCCCCCCCCCC(=O)OCC(COC(=O)CCCCCCCC)OC(=O)CCCCCCCCCCCCCCCCCCCCCCCC. The van der Waals surface area contributed by atoms with Gasteiger partial charge in [-0.2, -0.15) is 0 Å². The first-order valence-electron chi connectivity index (χ1n) is 31.8. The molecule has 0 aliphatic rings.